The highest BCUT2D eigenvalue weighted by atomic mass is 16.5. The number of carbonyl (C=O) groups is 1. The second kappa shape index (κ2) is 4.05. The normalized spacial score (nSPS) is 12.1. The van der Waals surface area contributed by atoms with E-state index in [-0.39, 0.29) is 11.3 Å². The fraction of sp³-hybridized carbons (Fsp3) is 0.222. The first kappa shape index (κ1) is 11.1. The molecule has 0 saturated heterocycles. The largest absolute Gasteiger partial charge is 0.504 e. The summed E-state index contributed by atoms with van der Waals surface area (Å²) in [6.07, 6.45) is -1.77. The van der Waals surface area contributed by atoms with Gasteiger partial charge in [0, 0.05) is 0 Å². The van der Waals surface area contributed by atoms with Crippen LogP contribution in [0.1, 0.15) is 11.7 Å². The number of phenolic OH excluding ortho intramolecular Hbond substituents is 2. The van der Waals surface area contributed by atoms with Crippen LogP contribution in [0, 0.1) is 0 Å². The molecule has 82 valence electrons. The van der Waals surface area contributed by atoms with Crippen molar-refractivity contribution in [1.29, 1.82) is 0 Å². The number of benzene rings is 1. The first-order valence-corrected chi connectivity index (χ1v) is 3.98. The summed E-state index contributed by atoms with van der Waals surface area (Å²) in [6.45, 7) is 0. The van der Waals surface area contributed by atoms with Crippen LogP contribution in [0.5, 0.6) is 17.2 Å². The molecule has 6 heteroatoms. The third-order valence-corrected chi connectivity index (χ3v) is 1.85. The van der Waals surface area contributed by atoms with E-state index in [0.29, 0.717) is 0 Å². The van der Waals surface area contributed by atoms with E-state index >= 15 is 0 Å². The summed E-state index contributed by atoms with van der Waals surface area (Å²) >= 11 is 0. The van der Waals surface area contributed by atoms with Crippen LogP contribution >= 0.6 is 0 Å². The Hall–Kier alpha value is -1.95. The van der Waals surface area contributed by atoms with Crippen molar-refractivity contribution in [2.75, 3.05) is 7.11 Å². The molecule has 0 fully saturated rings. The first-order chi connectivity index (χ1) is 6.97. The van der Waals surface area contributed by atoms with E-state index in [2.05, 4.69) is 4.74 Å². The summed E-state index contributed by atoms with van der Waals surface area (Å²) in [5.74, 6) is -2.61. The molecule has 0 aliphatic carbocycles. The third-order valence-electron chi connectivity index (χ3n) is 1.85. The predicted molar refractivity (Wildman–Crippen MR) is 48.9 cm³/mol. The van der Waals surface area contributed by atoms with Crippen LogP contribution in [0.25, 0.3) is 0 Å². The average Bonchev–Trinajstić information content (AvgIpc) is 2.20. The van der Waals surface area contributed by atoms with Gasteiger partial charge >= 0.3 is 5.97 Å². The molecular formula is C9H10O6. The summed E-state index contributed by atoms with van der Waals surface area (Å²) in [4.78, 5) is 10.5. The molecular weight excluding hydrogens is 204 g/mol. The van der Waals surface area contributed by atoms with Gasteiger partial charge in [-0.05, 0) is 17.7 Å². The van der Waals surface area contributed by atoms with Crippen LogP contribution in [0.4, 0.5) is 0 Å². The van der Waals surface area contributed by atoms with E-state index in [1.54, 1.807) is 0 Å². The van der Waals surface area contributed by atoms with Gasteiger partial charge < -0.3 is 25.2 Å². The molecule has 1 atom stereocenters. The van der Waals surface area contributed by atoms with E-state index in [4.69, 9.17) is 5.11 Å². The fourth-order valence-electron chi connectivity index (χ4n) is 1.07. The minimum absolute atomic E-state index is 0.0744. The minimum Gasteiger partial charge on any atom is -0.504 e. The number of hydrogen-bond donors (Lipinski definition) is 4. The maximum Gasteiger partial charge on any atom is 0.337 e. The minimum atomic E-state index is -1.77. The van der Waals surface area contributed by atoms with E-state index in [0.717, 1.165) is 12.1 Å². The molecule has 0 saturated carbocycles. The first-order valence-electron chi connectivity index (χ1n) is 3.98. The molecule has 4 N–H and O–H groups in total. The number of carboxylic acids is 1. The van der Waals surface area contributed by atoms with Gasteiger partial charge in [0.1, 0.15) is 0 Å². The molecule has 0 aliphatic heterocycles. The Kier molecular flexibility index (Phi) is 3.01. The molecule has 1 aromatic rings. The van der Waals surface area contributed by atoms with Crippen molar-refractivity contribution in [1.82, 2.24) is 0 Å². The average molecular weight is 214 g/mol. The van der Waals surface area contributed by atoms with Crippen molar-refractivity contribution >= 4 is 5.97 Å². The zero-order chi connectivity index (χ0) is 11.6. The highest BCUT2D eigenvalue weighted by Gasteiger charge is 2.20. The molecule has 1 unspecified atom stereocenters. The molecule has 15 heavy (non-hydrogen) atoms. The van der Waals surface area contributed by atoms with E-state index in [1.165, 1.54) is 7.11 Å². The number of aromatic hydroxyl groups is 2. The Bertz CT molecular complexity index is 386. The van der Waals surface area contributed by atoms with Gasteiger partial charge in [-0.1, -0.05) is 0 Å². The quantitative estimate of drug-likeness (QED) is 0.536. The number of rotatable bonds is 3. The number of hydrogen-bond acceptors (Lipinski definition) is 5. The van der Waals surface area contributed by atoms with Crippen molar-refractivity contribution in [2.24, 2.45) is 0 Å². The van der Waals surface area contributed by atoms with Crippen molar-refractivity contribution < 1.29 is 30.0 Å². The van der Waals surface area contributed by atoms with Crippen LogP contribution in [0.15, 0.2) is 12.1 Å². The Morgan fingerprint density at radius 3 is 2.47 bits per heavy atom. The van der Waals surface area contributed by atoms with Crippen molar-refractivity contribution in [3.63, 3.8) is 0 Å². The molecule has 6 nitrogen and oxygen atoms in total. The molecule has 0 bridgehead atoms. The lowest BCUT2D eigenvalue weighted by atomic mass is 10.1. The maximum absolute atomic E-state index is 10.5. The number of aliphatic hydroxyl groups is 1. The van der Waals surface area contributed by atoms with Crippen LogP contribution in [0.2, 0.25) is 0 Å². The zero-order valence-electron chi connectivity index (χ0n) is 7.84. The lowest BCUT2D eigenvalue weighted by Crippen LogP contribution is -2.10. The van der Waals surface area contributed by atoms with E-state index in [1.807, 2.05) is 0 Å². The SMILES string of the molecule is COc1cc(C(O)C(=O)O)cc(O)c1O. The lowest BCUT2D eigenvalue weighted by Gasteiger charge is -2.10. The second-order valence-corrected chi connectivity index (χ2v) is 2.83. The second-order valence-electron chi connectivity index (χ2n) is 2.83. The van der Waals surface area contributed by atoms with Crippen LogP contribution in [-0.4, -0.2) is 33.5 Å². The zero-order valence-corrected chi connectivity index (χ0v) is 7.84. The predicted octanol–water partition coefficient (Wildman–Crippen LogP) is 0.224. The maximum atomic E-state index is 10.5. The summed E-state index contributed by atoms with van der Waals surface area (Å²) in [5, 5.41) is 36.2. The van der Waals surface area contributed by atoms with Crippen LogP contribution < -0.4 is 4.74 Å². The van der Waals surface area contributed by atoms with Gasteiger partial charge in [0.2, 0.25) is 5.75 Å². The fourth-order valence-corrected chi connectivity index (χ4v) is 1.07. The summed E-state index contributed by atoms with van der Waals surface area (Å²) in [7, 11) is 1.24. The number of aliphatic hydroxyl groups excluding tert-OH is 1. The standard InChI is InChI=1S/C9H10O6/c1-15-6-3-4(7(11)9(13)14)2-5(10)8(6)12/h2-3,7,10-12H,1H3,(H,13,14). The molecule has 0 spiro atoms. The Morgan fingerprint density at radius 1 is 1.40 bits per heavy atom. The summed E-state index contributed by atoms with van der Waals surface area (Å²) < 4.78 is 4.68. The Labute approximate surface area is 85.0 Å². The van der Waals surface area contributed by atoms with Gasteiger partial charge in [-0.15, -0.1) is 0 Å². The van der Waals surface area contributed by atoms with Gasteiger partial charge in [0.25, 0.3) is 0 Å². The van der Waals surface area contributed by atoms with E-state index < -0.39 is 23.6 Å². The number of phenols is 2. The number of ether oxygens (including phenoxy) is 1. The number of aliphatic carboxylic acids is 1. The third kappa shape index (κ3) is 2.10. The van der Waals surface area contributed by atoms with E-state index in [9.17, 15) is 20.1 Å². The van der Waals surface area contributed by atoms with Crippen LogP contribution in [-0.2, 0) is 4.79 Å². The van der Waals surface area contributed by atoms with Gasteiger partial charge in [-0.3, -0.25) is 0 Å². The molecule has 0 aliphatic rings. The van der Waals surface area contributed by atoms with Crippen molar-refractivity contribution in [3.8, 4) is 17.2 Å². The van der Waals surface area contributed by atoms with Crippen molar-refractivity contribution in [3.05, 3.63) is 17.7 Å². The number of carboxylic acid groups (broad SMARTS) is 1. The molecule has 1 rings (SSSR count). The van der Waals surface area contributed by atoms with Gasteiger partial charge in [0.05, 0.1) is 7.11 Å². The number of methoxy groups -OCH3 is 1. The Morgan fingerprint density at radius 2 is 2.00 bits per heavy atom. The Balaban J connectivity index is 3.22. The smallest absolute Gasteiger partial charge is 0.337 e. The highest BCUT2D eigenvalue weighted by molar-refractivity contribution is 5.75. The van der Waals surface area contributed by atoms with Crippen LogP contribution in [0.3, 0.4) is 0 Å². The molecule has 0 aromatic heterocycles. The van der Waals surface area contributed by atoms with Gasteiger partial charge in [-0.2, -0.15) is 0 Å². The molecule has 0 heterocycles. The summed E-state index contributed by atoms with van der Waals surface area (Å²) in [6, 6.07) is 2.09. The highest BCUT2D eigenvalue weighted by Crippen LogP contribution is 2.37. The summed E-state index contributed by atoms with van der Waals surface area (Å²) in [5.41, 5.74) is -0.0744. The van der Waals surface area contributed by atoms with Gasteiger partial charge in [0.15, 0.2) is 17.6 Å². The van der Waals surface area contributed by atoms with Crippen molar-refractivity contribution in [2.45, 2.75) is 6.10 Å². The molecule has 1 aromatic carbocycles. The lowest BCUT2D eigenvalue weighted by molar-refractivity contribution is -0.146. The topological polar surface area (TPSA) is 107 Å². The molecule has 0 radical (unpaired) electrons. The monoisotopic (exact) mass is 214 g/mol. The molecule has 0 amide bonds. The van der Waals surface area contributed by atoms with Gasteiger partial charge in [-0.25, -0.2) is 4.79 Å².